The predicted octanol–water partition coefficient (Wildman–Crippen LogP) is 4.96. The van der Waals surface area contributed by atoms with Crippen molar-refractivity contribution in [3.63, 3.8) is 0 Å². The normalized spacial score (nSPS) is 10.6. The fourth-order valence-corrected chi connectivity index (χ4v) is 3.16. The first-order valence-corrected chi connectivity index (χ1v) is 9.66. The van der Waals surface area contributed by atoms with Crippen molar-refractivity contribution in [1.82, 2.24) is 15.0 Å². The van der Waals surface area contributed by atoms with Gasteiger partial charge in [-0.25, -0.2) is 4.68 Å². The van der Waals surface area contributed by atoms with E-state index in [-0.39, 0.29) is 5.91 Å². The van der Waals surface area contributed by atoms with Gasteiger partial charge in [0.15, 0.2) is 0 Å². The van der Waals surface area contributed by atoms with Gasteiger partial charge in [-0.05, 0) is 54.6 Å². The van der Waals surface area contributed by atoms with Gasteiger partial charge in [-0.1, -0.05) is 39.3 Å². The molecule has 7 heteroatoms. The second-order valence-corrected chi connectivity index (χ2v) is 7.19. The van der Waals surface area contributed by atoms with Crippen molar-refractivity contribution in [2.45, 2.75) is 0 Å². The number of carbonyl (C=O) groups is 1. The van der Waals surface area contributed by atoms with Crippen molar-refractivity contribution < 1.29 is 9.53 Å². The number of anilines is 1. The summed E-state index contributed by atoms with van der Waals surface area (Å²) in [5, 5.41) is 11.1. The van der Waals surface area contributed by atoms with Crippen molar-refractivity contribution in [2.75, 3.05) is 12.4 Å². The van der Waals surface area contributed by atoms with Gasteiger partial charge < -0.3 is 10.1 Å². The Labute approximate surface area is 176 Å². The van der Waals surface area contributed by atoms with Gasteiger partial charge in [-0.3, -0.25) is 4.79 Å². The average molecular weight is 449 g/mol. The molecule has 6 nitrogen and oxygen atoms in total. The molecule has 0 saturated carbocycles. The Morgan fingerprint density at radius 2 is 1.79 bits per heavy atom. The van der Waals surface area contributed by atoms with E-state index in [0.717, 1.165) is 21.4 Å². The molecule has 0 bridgehead atoms. The Bertz CT molecular complexity index is 1140. The molecule has 0 spiro atoms. The van der Waals surface area contributed by atoms with Crippen LogP contribution in [0, 0.1) is 0 Å². The van der Waals surface area contributed by atoms with Gasteiger partial charge in [0, 0.05) is 21.3 Å². The smallest absolute Gasteiger partial charge is 0.255 e. The van der Waals surface area contributed by atoms with Crippen LogP contribution in [0.4, 0.5) is 5.69 Å². The van der Waals surface area contributed by atoms with E-state index >= 15 is 0 Å². The number of ether oxygens (including phenoxy) is 1. The minimum atomic E-state index is -0.201. The SMILES string of the molecule is COc1cccc(C(=O)Nc2ccc(-n3nncc3-c3ccc(Br)cc3)cc2)c1. The van der Waals surface area contributed by atoms with Crippen LogP contribution in [0.1, 0.15) is 10.4 Å². The summed E-state index contributed by atoms with van der Waals surface area (Å²) in [6, 6.07) is 22.4. The number of nitrogens with one attached hydrogen (secondary N) is 1. The van der Waals surface area contributed by atoms with E-state index in [1.807, 2.05) is 48.5 Å². The Morgan fingerprint density at radius 3 is 2.52 bits per heavy atom. The van der Waals surface area contributed by atoms with E-state index in [1.165, 1.54) is 0 Å². The molecule has 0 saturated heterocycles. The highest BCUT2D eigenvalue weighted by Crippen LogP contribution is 2.24. The maximum atomic E-state index is 12.5. The number of hydrogen-bond acceptors (Lipinski definition) is 4. The summed E-state index contributed by atoms with van der Waals surface area (Å²) in [7, 11) is 1.57. The Morgan fingerprint density at radius 1 is 1.03 bits per heavy atom. The highest BCUT2D eigenvalue weighted by molar-refractivity contribution is 9.10. The third-order valence-electron chi connectivity index (χ3n) is 4.39. The van der Waals surface area contributed by atoms with Crippen LogP contribution in [-0.4, -0.2) is 28.0 Å². The van der Waals surface area contributed by atoms with Crippen LogP contribution >= 0.6 is 15.9 Å². The molecule has 144 valence electrons. The number of aromatic nitrogens is 3. The third-order valence-corrected chi connectivity index (χ3v) is 4.92. The third kappa shape index (κ3) is 4.20. The maximum Gasteiger partial charge on any atom is 0.255 e. The lowest BCUT2D eigenvalue weighted by Gasteiger charge is -2.09. The number of rotatable bonds is 5. The van der Waals surface area contributed by atoms with Gasteiger partial charge in [0.2, 0.25) is 0 Å². The number of amides is 1. The second kappa shape index (κ2) is 8.28. The van der Waals surface area contributed by atoms with E-state index in [9.17, 15) is 4.79 Å². The van der Waals surface area contributed by atoms with Gasteiger partial charge in [-0.15, -0.1) is 5.10 Å². The van der Waals surface area contributed by atoms with Crippen molar-refractivity contribution >= 4 is 27.5 Å². The van der Waals surface area contributed by atoms with Crippen molar-refractivity contribution in [1.29, 1.82) is 0 Å². The lowest BCUT2D eigenvalue weighted by Crippen LogP contribution is -2.12. The zero-order chi connectivity index (χ0) is 20.2. The summed E-state index contributed by atoms with van der Waals surface area (Å²) in [5.41, 5.74) is 3.95. The largest absolute Gasteiger partial charge is 0.497 e. The molecule has 0 aliphatic carbocycles. The summed E-state index contributed by atoms with van der Waals surface area (Å²) >= 11 is 3.45. The molecule has 1 amide bonds. The van der Waals surface area contributed by atoms with E-state index < -0.39 is 0 Å². The Balaban J connectivity index is 1.54. The fraction of sp³-hybridized carbons (Fsp3) is 0.0455. The van der Waals surface area contributed by atoms with E-state index in [4.69, 9.17) is 4.74 Å². The zero-order valence-corrected chi connectivity index (χ0v) is 17.1. The van der Waals surface area contributed by atoms with Crippen LogP contribution in [0.15, 0.2) is 83.5 Å². The Hall–Kier alpha value is -3.45. The first kappa shape index (κ1) is 18.9. The van der Waals surface area contributed by atoms with Crippen LogP contribution in [0.5, 0.6) is 5.75 Å². The predicted molar refractivity (Wildman–Crippen MR) is 115 cm³/mol. The standard InChI is InChI=1S/C22H17BrN4O2/c1-29-20-4-2-3-16(13-20)22(28)25-18-9-11-19(12-10-18)27-21(14-24-26-27)15-5-7-17(23)8-6-15/h2-14H,1H3,(H,25,28). The van der Waals surface area contributed by atoms with E-state index in [1.54, 1.807) is 42.3 Å². The average Bonchev–Trinajstić information content (AvgIpc) is 3.24. The van der Waals surface area contributed by atoms with Gasteiger partial charge in [0.25, 0.3) is 5.91 Å². The molecule has 1 heterocycles. The highest BCUT2D eigenvalue weighted by Gasteiger charge is 2.10. The van der Waals surface area contributed by atoms with Crippen LogP contribution in [0.3, 0.4) is 0 Å². The summed E-state index contributed by atoms with van der Waals surface area (Å²) < 4.78 is 7.94. The molecule has 4 rings (SSSR count). The molecule has 4 aromatic rings. The lowest BCUT2D eigenvalue weighted by atomic mass is 10.1. The maximum absolute atomic E-state index is 12.5. The first-order valence-electron chi connectivity index (χ1n) is 8.86. The molecule has 0 fully saturated rings. The fourth-order valence-electron chi connectivity index (χ4n) is 2.90. The summed E-state index contributed by atoms with van der Waals surface area (Å²) in [6.45, 7) is 0. The summed E-state index contributed by atoms with van der Waals surface area (Å²) in [5.74, 6) is 0.438. The highest BCUT2D eigenvalue weighted by atomic mass is 79.9. The zero-order valence-electron chi connectivity index (χ0n) is 15.5. The van der Waals surface area contributed by atoms with Crippen molar-refractivity contribution in [3.8, 4) is 22.7 Å². The van der Waals surface area contributed by atoms with E-state index in [0.29, 0.717) is 17.0 Å². The molecular weight excluding hydrogens is 432 g/mol. The lowest BCUT2D eigenvalue weighted by molar-refractivity contribution is 0.102. The second-order valence-electron chi connectivity index (χ2n) is 6.27. The topological polar surface area (TPSA) is 69.0 Å². The molecule has 0 atom stereocenters. The molecular formula is C22H17BrN4O2. The minimum absolute atomic E-state index is 0.201. The quantitative estimate of drug-likeness (QED) is 0.468. The summed E-state index contributed by atoms with van der Waals surface area (Å²) in [6.07, 6.45) is 1.72. The molecule has 1 aromatic heterocycles. The van der Waals surface area contributed by atoms with Crippen molar-refractivity contribution in [2.24, 2.45) is 0 Å². The van der Waals surface area contributed by atoms with Crippen LogP contribution in [-0.2, 0) is 0 Å². The Kier molecular flexibility index (Phi) is 5.39. The minimum Gasteiger partial charge on any atom is -0.497 e. The molecule has 1 N–H and O–H groups in total. The number of methoxy groups -OCH3 is 1. The van der Waals surface area contributed by atoms with Gasteiger partial charge in [0.05, 0.1) is 24.7 Å². The number of carbonyl (C=O) groups excluding carboxylic acids is 1. The summed E-state index contributed by atoms with van der Waals surface area (Å²) in [4.78, 5) is 12.5. The molecule has 0 aliphatic rings. The first-order chi connectivity index (χ1) is 14.1. The number of halogens is 1. The van der Waals surface area contributed by atoms with Crippen molar-refractivity contribution in [3.05, 3.63) is 89.0 Å². The molecule has 29 heavy (non-hydrogen) atoms. The van der Waals surface area contributed by atoms with Crippen LogP contribution in [0.25, 0.3) is 16.9 Å². The molecule has 0 unspecified atom stereocenters. The van der Waals surface area contributed by atoms with Gasteiger partial charge in [0.1, 0.15) is 5.75 Å². The van der Waals surface area contributed by atoms with Crippen LogP contribution < -0.4 is 10.1 Å². The van der Waals surface area contributed by atoms with Crippen LogP contribution in [0.2, 0.25) is 0 Å². The molecule has 3 aromatic carbocycles. The number of benzene rings is 3. The molecule has 0 aliphatic heterocycles. The monoisotopic (exact) mass is 448 g/mol. The number of hydrogen-bond donors (Lipinski definition) is 1. The van der Waals surface area contributed by atoms with E-state index in [2.05, 4.69) is 31.6 Å². The molecule has 0 radical (unpaired) electrons. The van der Waals surface area contributed by atoms with Gasteiger partial charge >= 0.3 is 0 Å². The number of nitrogens with zero attached hydrogens (tertiary/aromatic N) is 3. The van der Waals surface area contributed by atoms with Gasteiger partial charge in [-0.2, -0.15) is 0 Å².